The average Bonchev–Trinajstić information content (AvgIpc) is 2.89. The lowest BCUT2D eigenvalue weighted by atomic mass is 10.0. The Morgan fingerprint density at radius 3 is 2.39 bits per heavy atom. The van der Waals surface area contributed by atoms with Crippen LogP contribution in [0, 0.1) is 12.3 Å². The maximum Gasteiger partial charge on any atom is 0.219 e. The molecular weight excluding hydrogens is 456 g/mol. The quantitative estimate of drug-likeness (QED) is 0.260. The molecule has 4 N–H and O–H groups in total. The number of aldehydes is 1. The summed E-state index contributed by atoms with van der Waals surface area (Å²) in [5.41, 5.74) is 8.52. The number of rotatable bonds is 12. The zero-order chi connectivity index (χ0) is 26.1. The summed E-state index contributed by atoms with van der Waals surface area (Å²) in [6, 6.07) is 14.7. The Balaban J connectivity index is 1.85. The summed E-state index contributed by atoms with van der Waals surface area (Å²) < 4.78 is 5.89. The van der Waals surface area contributed by atoms with E-state index < -0.39 is 0 Å². The number of aromatic nitrogens is 2. The minimum atomic E-state index is -0.225. The Labute approximate surface area is 211 Å². The van der Waals surface area contributed by atoms with Crippen molar-refractivity contribution in [2.75, 3.05) is 24.2 Å². The van der Waals surface area contributed by atoms with Crippen LogP contribution in [0.5, 0.6) is 11.5 Å². The molecule has 0 bridgehead atoms. The van der Waals surface area contributed by atoms with Gasteiger partial charge in [0, 0.05) is 38.0 Å². The van der Waals surface area contributed by atoms with Gasteiger partial charge in [0.05, 0.1) is 11.3 Å². The van der Waals surface area contributed by atoms with E-state index in [0.717, 1.165) is 17.6 Å². The van der Waals surface area contributed by atoms with E-state index in [4.69, 9.17) is 15.9 Å². The largest absolute Gasteiger partial charge is 0.457 e. The van der Waals surface area contributed by atoms with E-state index >= 15 is 0 Å². The van der Waals surface area contributed by atoms with Crippen LogP contribution >= 0.6 is 0 Å². The number of ether oxygens (including phenoxy) is 1. The smallest absolute Gasteiger partial charge is 0.219 e. The van der Waals surface area contributed by atoms with Gasteiger partial charge < -0.3 is 25.5 Å². The van der Waals surface area contributed by atoms with Crippen LogP contribution in [0.2, 0.25) is 0 Å². The van der Waals surface area contributed by atoms with Crippen LogP contribution < -0.4 is 20.7 Å². The number of likely N-dealkylation sites (N-methyl/N-ethyl adjacent to an activating group) is 1. The molecule has 188 valence electrons. The van der Waals surface area contributed by atoms with Crippen molar-refractivity contribution in [2.24, 2.45) is 0 Å². The van der Waals surface area contributed by atoms with Crippen molar-refractivity contribution in [3.8, 4) is 11.5 Å². The zero-order valence-electron chi connectivity index (χ0n) is 20.8. The normalized spacial score (nSPS) is 11.4. The molecule has 0 saturated heterocycles. The molecular formula is C27H32N6O3. The van der Waals surface area contributed by atoms with Crippen molar-refractivity contribution in [1.82, 2.24) is 15.3 Å². The molecule has 0 radical (unpaired) electrons. The van der Waals surface area contributed by atoms with E-state index in [-0.39, 0.29) is 23.5 Å². The molecule has 1 unspecified atom stereocenters. The first kappa shape index (κ1) is 26.3. The van der Waals surface area contributed by atoms with Gasteiger partial charge in [0.25, 0.3) is 0 Å². The molecule has 9 nitrogen and oxygen atoms in total. The zero-order valence-corrected chi connectivity index (χ0v) is 20.8. The molecule has 9 heteroatoms. The number of amides is 1. The van der Waals surface area contributed by atoms with E-state index in [1.54, 1.807) is 31.2 Å². The van der Waals surface area contributed by atoms with Gasteiger partial charge in [-0.2, -0.15) is 0 Å². The van der Waals surface area contributed by atoms with Crippen molar-refractivity contribution in [3.63, 3.8) is 0 Å². The fourth-order valence-corrected chi connectivity index (χ4v) is 3.70. The van der Waals surface area contributed by atoms with Gasteiger partial charge in [0.2, 0.25) is 5.91 Å². The highest BCUT2D eigenvalue weighted by Gasteiger charge is 2.24. The summed E-state index contributed by atoms with van der Waals surface area (Å²) in [5.74, 6) is 1.91. The summed E-state index contributed by atoms with van der Waals surface area (Å²) in [4.78, 5) is 33.2. The molecule has 3 aromatic rings. The molecule has 36 heavy (non-hydrogen) atoms. The van der Waals surface area contributed by atoms with Crippen molar-refractivity contribution in [1.29, 1.82) is 5.41 Å². The lowest BCUT2D eigenvalue weighted by Crippen LogP contribution is -2.43. The summed E-state index contributed by atoms with van der Waals surface area (Å²) in [6.07, 6.45) is 3.39. The molecule has 3 rings (SSSR count). The van der Waals surface area contributed by atoms with Gasteiger partial charge >= 0.3 is 0 Å². The van der Waals surface area contributed by atoms with Crippen LogP contribution in [0.4, 0.5) is 11.6 Å². The first-order chi connectivity index (χ1) is 17.3. The number of nitrogens with zero attached hydrogens (tertiary/aromatic N) is 3. The fourth-order valence-electron chi connectivity index (χ4n) is 3.70. The lowest BCUT2D eigenvalue weighted by Gasteiger charge is -2.30. The van der Waals surface area contributed by atoms with Crippen molar-refractivity contribution in [3.05, 3.63) is 71.5 Å². The van der Waals surface area contributed by atoms with Gasteiger partial charge in [-0.25, -0.2) is 9.97 Å². The highest BCUT2D eigenvalue weighted by atomic mass is 16.5. The molecule has 0 spiro atoms. The van der Waals surface area contributed by atoms with Crippen LogP contribution in [0.25, 0.3) is 0 Å². The summed E-state index contributed by atoms with van der Waals surface area (Å²) in [7, 11) is 1.81. The predicted molar refractivity (Wildman–Crippen MR) is 141 cm³/mol. The molecule has 1 aromatic heterocycles. The maximum atomic E-state index is 11.8. The highest BCUT2D eigenvalue weighted by Crippen LogP contribution is 2.28. The first-order valence-electron chi connectivity index (χ1n) is 11.8. The molecule has 0 aliphatic carbocycles. The van der Waals surface area contributed by atoms with E-state index in [1.807, 2.05) is 43.1 Å². The molecule has 0 saturated carbocycles. The Morgan fingerprint density at radius 1 is 1.14 bits per heavy atom. The third-order valence-corrected chi connectivity index (χ3v) is 5.86. The average molecular weight is 489 g/mol. The maximum absolute atomic E-state index is 11.8. The molecule has 0 aliphatic rings. The van der Waals surface area contributed by atoms with Gasteiger partial charge in [0.1, 0.15) is 35.7 Å². The summed E-state index contributed by atoms with van der Waals surface area (Å²) in [6.45, 7) is 4.13. The number of benzene rings is 2. The molecule has 0 aliphatic heterocycles. The van der Waals surface area contributed by atoms with E-state index in [0.29, 0.717) is 48.5 Å². The third kappa shape index (κ3) is 6.65. The Hall–Kier alpha value is -4.27. The minimum absolute atomic E-state index is 0.0809. The predicted octanol–water partition coefficient (Wildman–Crippen LogP) is 3.89. The van der Waals surface area contributed by atoms with Gasteiger partial charge in [0.15, 0.2) is 0 Å². The highest BCUT2D eigenvalue weighted by molar-refractivity contribution is 6.16. The third-order valence-electron chi connectivity index (χ3n) is 5.86. The summed E-state index contributed by atoms with van der Waals surface area (Å²) >= 11 is 0. The topological polar surface area (TPSA) is 134 Å². The van der Waals surface area contributed by atoms with Crippen molar-refractivity contribution in [2.45, 2.75) is 39.2 Å². The van der Waals surface area contributed by atoms with Crippen LogP contribution in [0.3, 0.4) is 0 Å². The van der Waals surface area contributed by atoms with Gasteiger partial charge in [-0.05, 0) is 49.7 Å². The van der Waals surface area contributed by atoms with Crippen LogP contribution in [0.15, 0.2) is 54.9 Å². The van der Waals surface area contributed by atoms with Gasteiger partial charge in [-0.1, -0.05) is 24.6 Å². The lowest BCUT2D eigenvalue weighted by molar-refractivity contribution is -0.120. The molecule has 1 atom stereocenters. The molecule has 2 aromatic carbocycles. The number of hydrogen-bond acceptors (Lipinski definition) is 8. The number of carbonyl (C=O) groups excluding carboxylic acids is 2. The fraction of sp³-hybridized carbons (Fsp3) is 0.296. The summed E-state index contributed by atoms with van der Waals surface area (Å²) in [5, 5.41) is 11.8. The number of carbonyl (C=O) groups is 2. The van der Waals surface area contributed by atoms with Crippen LogP contribution in [0.1, 0.15) is 42.9 Å². The number of aryl methyl sites for hydroxylation is 1. The second-order valence-corrected chi connectivity index (χ2v) is 8.44. The monoisotopic (exact) mass is 488 g/mol. The van der Waals surface area contributed by atoms with Crippen molar-refractivity contribution < 1.29 is 14.3 Å². The first-order valence-corrected chi connectivity index (χ1v) is 11.8. The Bertz CT molecular complexity index is 1200. The number of nitrogens with one attached hydrogen (secondary N) is 2. The number of hydrogen-bond donors (Lipinski definition) is 3. The molecule has 1 heterocycles. The SMILES string of the molecule is CCC(=O)NCC(CCC=O)N(C)c1ncnc(N)c1C(=N)c1ccc(Oc2ccc(C)cc2)cc1. The van der Waals surface area contributed by atoms with Crippen LogP contribution in [-0.2, 0) is 9.59 Å². The molecule has 0 fully saturated rings. The van der Waals surface area contributed by atoms with Gasteiger partial charge in [-0.3, -0.25) is 10.2 Å². The Kier molecular flexibility index (Phi) is 9.10. The van der Waals surface area contributed by atoms with Crippen LogP contribution in [-0.4, -0.2) is 47.5 Å². The molecule has 1 amide bonds. The number of anilines is 2. The van der Waals surface area contributed by atoms with Gasteiger partial charge in [-0.15, -0.1) is 0 Å². The minimum Gasteiger partial charge on any atom is -0.457 e. The van der Waals surface area contributed by atoms with E-state index in [2.05, 4.69) is 15.3 Å². The standard InChI is InChI=1S/C27H32N6O3/c1-4-23(35)30-16-20(6-5-15-34)33(3)27-24(26(29)31-17-32-27)25(28)19-9-13-22(14-10-19)36-21-11-7-18(2)8-12-21/h7-15,17,20,28H,4-6,16H2,1-3H3,(H,30,35)(H2,29,31,32). The Morgan fingerprint density at radius 2 is 1.78 bits per heavy atom. The second kappa shape index (κ2) is 12.4. The van der Waals surface area contributed by atoms with E-state index in [1.165, 1.54) is 6.33 Å². The number of nitrogen functional groups attached to an aromatic ring is 1. The van der Waals surface area contributed by atoms with E-state index in [9.17, 15) is 9.59 Å². The second-order valence-electron chi connectivity index (χ2n) is 8.44. The van der Waals surface area contributed by atoms with Crippen molar-refractivity contribution >= 4 is 29.5 Å². The number of nitrogens with two attached hydrogens (primary N) is 1.